The Kier molecular flexibility index (Phi) is 4.10. The van der Waals surface area contributed by atoms with Crippen molar-refractivity contribution in [1.29, 1.82) is 0 Å². The van der Waals surface area contributed by atoms with Gasteiger partial charge in [0.05, 0.1) is 5.56 Å². The van der Waals surface area contributed by atoms with Gasteiger partial charge >= 0.3 is 0 Å². The normalized spacial score (nSPS) is 11.5. The molecule has 0 amide bonds. The van der Waals surface area contributed by atoms with E-state index in [2.05, 4.69) is 0 Å². The number of hydrogen-bond acceptors (Lipinski definition) is 3. The van der Waals surface area contributed by atoms with Crippen LogP contribution in [0.2, 0.25) is 0 Å². The minimum atomic E-state index is -0.285. The predicted molar refractivity (Wildman–Crippen MR) is 67.5 cm³/mol. The molecule has 0 bridgehead atoms. The fourth-order valence-corrected chi connectivity index (χ4v) is 1.49. The summed E-state index contributed by atoms with van der Waals surface area (Å²) >= 11 is 0. The molecule has 0 aliphatic heterocycles. The lowest BCUT2D eigenvalue weighted by Crippen LogP contribution is -1.98. The summed E-state index contributed by atoms with van der Waals surface area (Å²) in [5, 5.41) is 19.4. The average Bonchev–Trinajstić information content (AvgIpc) is 2.31. The van der Waals surface area contributed by atoms with Gasteiger partial charge in [0.2, 0.25) is 0 Å². The van der Waals surface area contributed by atoms with Gasteiger partial charge in [0.15, 0.2) is 5.78 Å². The number of phenolic OH excluding ortho intramolecular Hbond substituents is 2. The summed E-state index contributed by atoms with van der Waals surface area (Å²) in [5.41, 5.74) is 1.11. The van der Waals surface area contributed by atoms with Gasteiger partial charge in [0.25, 0.3) is 0 Å². The Morgan fingerprint density at radius 2 is 1.82 bits per heavy atom. The van der Waals surface area contributed by atoms with E-state index in [-0.39, 0.29) is 22.8 Å². The van der Waals surface area contributed by atoms with Gasteiger partial charge in [-0.15, -0.1) is 0 Å². The fourth-order valence-electron chi connectivity index (χ4n) is 1.49. The SMILES string of the molecule is C/C=C\C=C\C(=O)c1cc(C)c(O)c(C)c1O. The molecular formula is C14H16O3. The van der Waals surface area contributed by atoms with Crippen LogP contribution < -0.4 is 0 Å². The lowest BCUT2D eigenvalue weighted by atomic mass is 10.0. The second kappa shape index (κ2) is 5.34. The highest BCUT2D eigenvalue weighted by Crippen LogP contribution is 2.33. The molecule has 1 aromatic carbocycles. The summed E-state index contributed by atoms with van der Waals surface area (Å²) in [6.07, 6.45) is 6.52. The van der Waals surface area contributed by atoms with Crippen molar-refractivity contribution in [2.45, 2.75) is 20.8 Å². The Labute approximate surface area is 101 Å². The van der Waals surface area contributed by atoms with E-state index in [1.165, 1.54) is 12.1 Å². The van der Waals surface area contributed by atoms with Crippen molar-refractivity contribution in [3.63, 3.8) is 0 Å². The second-order valence-corrected chi connectivity index (χ2v) is 3.81. The molecule has 0 aliphatic carbocycles. The first-order valence-electron chi connectivity index (χ1n) is 5.34. The topological polar surface area (TPSA) is 57.5 Å². The van der Waals surface area contributed by atoms with Crippen LogP contribution in [0.1, 0.15) is 28.4 Å². The zero-order valence-corrected chi connectivity index (χ0v) is 10.2. The minimum absolute atomic E-state index is 0.0245. The van der Waals surface area contributed by atoms with Crippen LogP contribution >= 0.6 is 0 Å². The molecule has 0 aromatic heterocycles. The van der Waals surface area contributed by atoms with Crippen molar-refractivity contribution in [1.82, 2.24) is 0 Å². The Bertz CT molecular complexity index is 497. The molecule has 3 heteroatoms. The molecule has 0 atom stereocenters. The maximum absolute atomic E-state index is 11.8. The summed E-state index contributed by atoms with van der Waals surface area (Å²) in [5.74, 6) is -0.425. The van der Waals surface area contributed by atoms with Gasteiger partial charge in [-0.3, -0.25) is 4.79 Å². The lowest BCUT2D eigenvalue weighted by molar-refractivity contribution is 0.104. The summed E-state index contributed by atoms with van der Waals surface area (Å²) in [7, 11) is 0. The highest BCUT2D eigenvalue weighted by Gasteiger charge is 2.15. The largest absolute Gasteiger partial charge is 0.507 e. The first kappa shape index (κ1) is 13.0. The van der Waals surface area contributed by atoms with E-state index in [9.17, 15) is 15.0 Å². The molecule has 0 heterocycles. The number of hydrogen-bond donors (Lipinski definition) is 2. The van der Waals surface area contributed by atoms with Gasteiger partial charge in [-0.1, -0.05) is 18.2 Å². The highest BCUT2D eigenvalue weighted by molar-refractivity contribution is 6.07. The molecule has 0 saturated carbocycles. The van der Waals surface area contributed by atoms with E-state index in [0.29, 0.717) is 11.1 Å². The average molecular weight is 232 g/mol. The van der Waals surface area contributed by atoms with Gasteiger partial charge in [-0.05, 0) is 38.5 Å². The fraction of sp³-hybridized carbons (Fsp3) is 0.214. The minimum Gasteiger partial charge on any atom is -0.507 e. The smallest absolute Gasteiger partial charge is 0.189 e. The van der Waals surface area contributed by atoms with Crippen molar-refractivity contribution in [2.75, 3.05) is 0 Å². The molecule has 3 nitrogen and oxygen atoms in total. The predicted octanol–water partition coefficient (Wildman–Crippen LogP) is 3.03. The third kappa shape index (κ3) is 2.75. The van der Waals surface area contributed by atoms with E-state index in [0.717, 1.165) is 0 Å². The molecule has 2 N–H and O–H groups in total. The van der Waals surface area contributed by atoms with Crippen LogP contribution in [0.4, 0.5) is 0 Å². The molecule has 1 aromatic rings. The Balaban J connectivity index is 3.19. The third-order valence-corrected chi connectivity index (χ3v) is 2.52. The van der Waals surface area contributed by atoms with Crippen LogP contribution in [-0.2, 0) is 0 Å². The Hall–Kier alpha value is -2.03. The summed E-state index contributed by atoms with van der Waals surface area (Å²) < 4.78 is 0. The van der Waals surface area contributed by atoms with E-state index >= 15 is 0 Å². The standard InChI is InChI=1S/C14H16O3/c1-4-5-6-7-12(15)11-8-9(2)13(16)10(3)14(11)17/h4-8,16-17H,1-3H3/b5-4-,7-6+. The van der Waals surface area contributed by atoms with E-state index < -0.39 is 0 Å². The van der Waals surface area contributed by atoms with Gasteiger partial charge in [0, 0.05) is 5.56 Å². The van der Waals surface area contributed by atoms with E-state index in [4.69, 9.17) is 0 Å². The van der Waals surface area contributed by atoms with Crippen molar-refractivity contribution in [2.24, 2.45) is 0 Å². The monoisotopic (exact) mass is 232 g/mol. The van der Waals surface area contributed by atoms with Crippen LogP contribution in [0.25, 0.3) is 0 Å². The number of aryl methyl sites for hydroxylation is 1. The van der Waals surface area contributed by atoms with Gasteiger partial charge in [-0.2, -0.15) is 0 Å². The summed E-state index contributed by atoms with van der Waals surface area (Å²) in [6.45, 7) is 5.11. The van der Waals surface area contributed by atoms with Gasteiger partial charge in [0.1, 0.15) is 11.5 Å². The van der Waals surface area contributed by atoms with Crippen molar-refractivity contribution in [3.05, 3.63) is 47.1 Å². The van der Waals surface area contributed by atoms with Crippen molar-refractivity contribution < 1.29 is 15.0 Å². The number of phenols is 2. The maximum Gasteiger partial charge on any atom is 0.189 e. The second-order valence-electron chi connectivity index (χ2n) is 3.81. The number of carbonyl (C=O) groups is 1. The molecule has 0 saturated heterocycles. The third-order valence-electron chi connectivity index (χ3n) is 2.52. The number of allylic oxidation sites excluding steroid dienone is 4. The molecule has 0 fully saturated rings. The highest BCUT2D eigenvalue weighted by atomic mass is 16.3. The number of rotatable bonds is 3. The van der Waals surface area contributed by atoms with Gasteiger partial charge < -0.3 is 10.2 Å². The van der Waals surface area contributed by atoms with E-state index in [1.54, 1.807) is 32.1 Å². The number of ketones is 1. The molecule has 1 rings (SSSR count). The molecule has 0 unspecified atom stereocenters. The maximum atomic E-state index is 11.8. The lowest BCUT2D eigenvalue weighted by Gasteiger charge is -2.09. The first-order valence-corrected chi connectivity index (χ1v) is 5.34. The Morgan fingerprint density at radius 1 is 1.18 bits per heavy atom. The zero-order chi connectivity index (χ0) is 13.0. The van der Waals surface area contributed by atoms with Crippen LogP contribution in [0.3, 0.4) is 0 Å². The molecule has 0 spiro atoms. The van der Waals surface area contributed by atoms with Crippen LogP contribution in [-0.4, -0.2) is 16.0 Å². The first-order chi connectivity index (χ1) is 7.99. The molecular weight excluding hydrogens is 216 g/mol. The Morgan fingerprint density at radius 3 is 2.41 bits per heavy atom. The quantitative estimate of drug-likeness (QED) is 0.478. The number of benzene rings is 1. The molecule has 0 radical (unpaired) electrons. The molecule has 0 aliphatic rings. The summed E-state index contributed by atoms with van der Waals surface area (Å²) in [6, 6.07) is 1.49. The molecule has 90 valence electrons. The van der Waals surface area contributed by atoms with Gasteiger partial charge in [-0.25, -0.2) is 0 Å². The van der Waals surface area contributed by atoms with Crippen LogP contribution in [0.15, 0.2) is 30.4 Å². The summed E-state index contributed by atoms with van der Waals surface area (Å²) in [4.78, 5) is 11.8. The number of aromatic hydroxyl groups is 2. The van der Waals surface area contributed by atoms with E-state index in [1.807, 2.05) is 6.92 Å². The van der Waals surface area contributed by atoms with Crippen molar-refractivity contribution >= 4 is 5.78 Å². The van der Waals surface area contributed by atoms with Crippen molar-refractivity contribution in [3.8, 4) is 11.5 Å². The molecule has 17 heavy (non-hydrogen) atoms. The van der Waals surface area contributed by atoms with Crippen LogP contribution in [0.5, 0.6) is 11.5 Å². The van der Waals surface area contributed by atoms with Crippen LogP contribution in [0, 0.1) is 13.8 Å². The zero-order valence-electron chi connectivity index (χ0n) is 10.2. The number of carbonyl (C=O) groups excluding carboxylic acids is 1.